The molecule has 0 spiro atoms. The first kappa shape index (κ1) is 12.9. The third kappa shape index (κ3) is 3.01. The van der Waals surface area contributed by atoms with Gasteiger partial charge < -0.3 is 4.90 Å². The van der Waals surface area contributed by atoms with Gasteiger partial charge in [0, 0.05) is 11.9 Å². The Morgan fingerprint density at radius 1 is 1.00 bits per heavy atom. The lowest BCUT2D eigenvalue weighted by atomic mass is 9.81. The normalized spacial score (nSPS) is 29.4. The Bertz CT molecular complexity index is 221. The van der Waals surface area contributed by atoms with E-state index in [1.54, 1.807) is 0 Å². The fraction of sp³-hybridized carbons (Fsp3) is 1.00. The van der Waals surface area contributed by atoms with Crippen LogP contribution in [-0.2, 0) is 0 Å². The second-order valence-electron chi connectivity index (χ2n) is 6.78. The monoisotopic (exact) mass is 287 g/mol. The maximum atomic E-state index is 3.76. The number of hydrogen-bond donors (Lipinski definition) is 0. The predicted molar refractivity (Wildman–Crippen MR) is 74.2 cm³/mol. The molecule has 0 amide bonds. The number of halogens is 1. The Balaban J connectivity index is 1.86. The highest BCUT2D eigenvalue weighted by Crippen LogP contribution is 2.41. The number of alkyl halides is 1. The van der Waals surface area contributed by atoms with Crippen LogP contribution in [0.25, 0.3) is 0 Å². The molecule has 0 atom stereocenters. The van der Waals surface area contributed by atoms with Crippen LogP contribution in [0.4, 0.5) is 0 Å². The van der Waals surface area contributed by atoms with E-state index in [9.17, 15) is 0 Å². The second kappa shape index (κ2) is 4.97. The average Bonchev–Trinajstić information content (AvgIpc) is 2.71. The molecular formula is C14H26BrN. The fourth-order valence-electron chi connectivity index (χ4n) is 3.25. The second-order valence-corrected chi connectivity index (χ2v) is 7.34. The minimum Gasteiger partial charge on any atom is -0.303 e. The molecule has 1 aliphatic carbocycles. The van der Waals surface area contributed by atoms with Crippen LogP contribution in [-0.4, -0.2) is 29.9 Å². The molecule has 0 bridgehead atoms. The van der Waals surface area contributed by atoms with E-state index in [-0.39, 0.29) is 0 Å². The third-order valence-electron chi connectivity index (χ3n) is 4.72. The molecule has 0 radical (unpaired) electrons. The van der Waals surface area contributed by atoms with Gasteiger partial charge in [-0.1, -0.05) is 42.6 Å². The summed E-state index contributed by atoms with van der Waals surface area (Å²) in [5, 5.41) is 1.21. The summed E-state index contributed by atoms with van der Waals surface area (Å²) in [4.78, 5) is 2.72. The van der Waals surface area contributed by atoms with Gasteiger partial charge in [-0.3, -0.25) is 0 Å². The molecule has 1 aliphatic heterocycles. The van der Waals surface area contributed by atoms with Gasteiger partial charge in [-0.25, -0.2) is 0 Å². The van der Waals surface area contributed by atoms with Gasteiger partial charge in [0.05, 0.1) is 0 Å². The summed E-state index contributed by atoms with van der Waals surface area (Å²) in [6.07, 6.45) is 8.54. The first-order chi connectivity index (χ1) is 7.55. The topological polar surface area (TPSA) is 3.24 Å². The largest absolute Gasteiger partial charge is 0.303 e. The Morgan fingerprint density at radius 3 is 2.06 bits per heavy atom. The lowest BCUT2D eigenvalue weighted by molar-refractivity contribution is 0.0928. The maximum Gasteiger partial charge on any atom is 0.0100 e. The molecule has 16 heavy (non-hydrogen) atoms. The summed E-state index contributed by atoms with van der Waals surface area (Å²) in [5.41, 5.74) is 1.20. The van der Waals surface area contributed by atoms with Gasteiger partial charge in [-0.15, -0.1) is 0 Å². The van der Waals surface area contributed by atoms with Crippen molar-refractivity contribution in [2.45, 2.75) is 52.4 Å². The number of likely N-dealkylation sites (tertiary alicyclic amines) is 1. The molecule has 0 aromatic heterocycles. The van der Waals surface area contributed by atoms with E-state index in [2.05, 4.69) is 34.7 Å². The highest BCUT2D eigenvalue weighted by molar-refractivity contribution is 9.09. The Hall–Kier alpha value is 0.440. The fourth-order valence-corrected chi connectivity index (χ4v) is 3.99. The van der Waals surface area contributed by atoms with Crippen molar-refractivity contribution in [1.82, 2.24) is 4.90 Å². The van der Waals surface area contributed by atoms with Gasteiger partial charge in [-0.2, -0.15) is 0 Å². The van der Waals surface area contributed by atoms with Gasteiger partial charge in [0.1, 0.15) is 0 Å². The molecule has 94 valence electrons. The van der Waals surface area contributed by atoms with Gasteiger partial charge >= 0.3 is 0 Å². The van der Waals surface area contributed by atoms with E-state index in [4.69, 9.17) is 0 Å². The molecule has 0 aromatic carbocycles. The van der Waals surface area contributed by atoms with Crippen molar-refractivity contribution in [2.24, 2.45) is 10.8 Å². The zero-order valence-corrected chi connectivity index (χ0v) is 12.5. The maximum absolute atomic E-state index is 3.76. The van der Waals surface area contributed by atoms with Crippen molar-refractivity contribution in [3.8, 4) is 0 Å². The van der Waals surface area contributed by atoms with Crippen LogP contribution in [0.2, 0.25) is 0 Å². The van der Waals surface area contributed by atoms with E-state index < -0.39 is 0 Å². The lowest BCUT2D eigenvalue weighted by Crippen LogP contribution is -2.43. The van der Waals surface area contributed by atoms with Crippen molar-refractivity contribution in [3.05, 3.63) is 0 Å². The van der Waals surface area contributed by atoms with E-state index in [1.165, 1.54) is 63.5 Å². The smallest absolute Gasteiger partial charge is 0.0100 e. The van der Waals surface area contributed by atoms with Crippen LogP contribution in [0.3, 0.4) is 0 Å². The van der Waals surface area contributed by atoms with E-state index in [1.807, 2.05) is 0 Å². The van der Waals surface area contributed by atoms with Crippen LogP contribution in [0, 0.1) is 10.8 Å². The van der Waals surface area contributed by atoms with Gasteiger partial charge in [0.15, 0.2) is 0 Å². The van der Waals surface area contributed by atoms with Gasteiger partial charge in [0.2, 0.25) is 0 Å². The summed E-state index contributed by atoms with van der Waals surface area (Å²) in [6.45, 7) is 8.82. The minimum absolute atomic E-state index is 0.591. The summed E-state index contributed by atoms with van der Waals surface area (Å²) < 4.78 is 0. The van der Waals surface area contributed by atoms with Gasteiger partial charge in [0.25, 0.3) is 0 Å². The third-order valence-corrected chi connectivity index (χ3v) is 5.91. The van der Waals surface area contributed by atoms with Crippen LogP contribution >= 0.6 is 15.9 Å². The Labute approximate surface area is 109 Å². The molecule has 1 saturated heterocycles. The SMILES string of the molecule is CC1(C)CCN(CC2(CBr)CCCC2)CC1. The standard InChI is InChI=1S/C14H26BrN/c1-13(2)7-9-16(10-8-13)12-14(11-15)5-3-4-6-14/h3-12H2,1-2H3. The van der Waals surface area contributed by atoms with E-state index >= 15 is 0 Å². The Kier molecular flexibility index (Phi) is 4.01. The molecule has 2 rings (SSSR count). The summed E-state index contributed by atoms with van der Waals surface area (Å²) >= 11 is 3.76. The van der Waals surface area contributed by atoms with E-state index in [0.29, 0.717) is 10.8 Å². The van der Waals surface area contributed by atoms with Crippen molar-refractivity contribution in [2.75, 3.05) is 25.0 Å². The predicted octanol–water partition coefficient (Wildman–Crippen LogP) is 4.06. The quantitative estimate of drug-likeness (QED) is 0.708. The number of hydrogen-bond acceptors (Lipinski definition) is 1. The van der Waals surface area contributed by atoms with Crippen LogP contribution in [0.5, 0.6) is 0 Å². The molecule has 2 aliphatic rings. The summed E-state index contributed by atoms with van der Waals surface area (Å²) in [7, 11) is 0. The molecule has 2 heteroatoms. The summed E-state index contributed by atoms with van der Waals surface area (Å²) in [5.74, 6) is 0. The van der Waals surface area contributed by atoms with Crippen LogP contribution in [0.15, 0.2) is 0 Å². The number of piperidine rings is 1. The molecule has 0 unspecified atom stereocenters. The molecule has 1 nitrogen and oxygen atoms in total. The molecule has 2 fully saturated rings. The van der Waals surface area contributed by atoms with Crippen molar-refractivity contribution in [3.63, 3.8) is 0 Å². The summed E-state index contributed by atoms with van der Waals surface area (Å²) in [6, 6.07) is 0. The van der Waals surface area contributed by atoms with Gasteiger partial charge in [-0.05, 0) is 49.6 Å². The van der Waals surface area contributed by atoms with E-state index in [0.717, 1.165) is 0 Å². The zero-order valence-electron chi connectivity index (χ0n) is 10.9. The zero-order chi connectivity index (χ0) is 11.6. The first-order valence-electron chi connectivity index (χ1n) is 6.84. The minimum atomic E-state index is 0.591. The lowest BCUT2D eigenvalue weighted by Gasteiger charge is -2.41. The Morgan fingerprint density at radius 2 is 1.56 bits per heavy atom. The van der Waals surface area contributed by atoms with Crippen LogP contribution in [0.1, 0.15) is 52.4 Å². The first-order valence-corrected chi connectivity index (χ1v) is 7.96. The molecule has 0 N–H and O–H groups in total. The molecule has 1 heterocycles. The number of nitrogens with zero attached hydrogens (tertiary/aromatic N) is 1. The van der Waals surface area contributed by atoms with Crippen molar-refractivity contribution >= 4 is 15.9 Å². The van der Waals surface area contributed by atoms with Crippen LogP contribution < -0.4 is 0 Å². The van der Waals surface area contributed by atoms with Crippen molar-refractivity contribution < 1.29 is 0 Å². The molecule has 0 aromatic rings. The average molecular weight is 288 g/mol. The number of rotatable bonds is 3. The highest BCUT2D eigenvalue weighted by Gasteiger charge is 2.36. The highest BCUT2D eigenvalue weighted by atomic mass is 79.9. The molecule has 1 saturated carbocycles. The molecular weight excluding hydrogens is 262 g/mol. The van der Waals surface area contributed by atoms with Crippen molar-refractivity contribution in [1.29, 1.82) is 0 Å².